The third-order valence-corrected chi connectivity index (χ3v) is 4.69. The predicted molar refractivity (Wildman–Crippen MR) is 68.7 cm³/mol. The molecule has 0 amide bonds. The van der Waals surface area contributed by atoms with Crippen LogP contribution in [0.3, 0.4) is 0 Å². The smallest absolute Gasteiger partial charge is 0.213 e. The van der Waals surface area contributed by atoms with E-state index in [1.165, 1.54) is 0 Å². The summed E-state index contributed by atoms with van der Waals surface area (Å²) >= 11 is 0. The quantitative estimate of drug-likeness (QED) is 0.232. The van der Waals surface area contributed by atoms with Crippen molar-refractivity contribution in [1.82, 2.24) is 4.72 Å². The molecule has 18 heavy (non-hydrogen) atoms. The molecule has 0 saturated carbocycles. The minimum Gasteiger partial charge on any atom is -0.409 e. The molecule has 0 aromatic rings. The van der Waals surface area contributed by atoms with Gasteiger partial charge in [0.05, 0.1) is 17.5 Å². The minimum absolute atomic E-state index is 0.242. The van der Waals surface area contributed by atoms with Crippen molar-refractivity contribution < 1.29 is 22.0 Å². The Hall–Kier alpha value is -0.870. The molecule has 8 nitrogen and oxygen atoms in total. The lowest BCUT2D eigenvalue weighted by molar-refractivity contribution is 0.313. The molecule has 0 fully saturated rings. The standard InChI is InChI=1S/C8H19N3O5S2/c1-6(2)7(8(9)10-12)11-18(15,16)5-4-17(3,13)14/h6-7,11-12H,4-5H2,1-3H3,(H2,9,10). The third kappa shape index (κ3) is 6.77. The first-order chi connectivity index (χ1) is 7.98. The number of hydrogen-bond donors (Lipinski definition) is 3. The SMILES string of the molecule is CC(C)C(NS(=O)(=O)CCS(C)(=O)=O)C(N)=NO. The molecule has 4 N–H and O–H groups in total. The second-order valence-corrected chi connectivity index (χ2v) is 8.45. The van der Waals surface area contributed by atoms with Crippen molar-refractivity contribution in [1.29, 1.82) is 0 Å². The van der Waals surface area contributed by atoms with Crippen molar-refractivity contribution >= 4 is 25.7 Å². The molecule has 0 aliphatic carbocycles. The average Bonchev–Trinajstić information content (AvgIpc) is 2.21. The number of sulfonamides is 1. The Bertz CT molecular complexity index is 495. The van der Waals surface area contributed by atoms with Crippen LogP contribution in [0.25, 0.3) is 0 Å². The van der Waals surface area contributed by atoms with Crippen LogP contribution < -0.4 is 10.5 Å². The molecule has 0 aliphatic heterocycles. The molecular formula is C8H19N3O5S2. The summed E-state index contributed by atoms with van der Waals surface area (Å²) in [5, 5.41) is 11.3. The van der Waals surface area contributed by atoms with Gasteiger partial charge in [-0.1, -0.05) is 19.0 Å². The molecule has 0 spiro atoms. The van der Waals surface area contributed by atoms with Crippen LogP contribution in [0.5, 0.6) is 0 Å². The Morgan fingerprint density at radius 3 is 2.11 bits per heavy atom. The monoisotopic (exact) mass is 301 g/mol. The van der Waals surface area contributed by atoms with Gasteiger partial charge >= 0.3 is 0 Å². The number of oxime groups is 1. The molecule has 0 aromatic heterocycles. The minimum atomic E-state index is -3.82. The molecule has 0 aliphatic rings. The molecule has 1 unspecified atom stereocenters. The van der Waals surface area contributed by atoms with Crippen molar-refractivity contribution in [3.05, 3.63) is 0 Å². The van der Waals surface area contributed by atoms with Gasteiger partial charge in [-0.25, -0.2) is 21.6 Å². The maximum atomic E-state index is 11.6. The summed E-state index contributed by atoms with van der Waals surface area (Å²) in [6, 6.07) is -0.875. The predicted octanol–water partition coefficient (Wildman–Crippen LogP) is -1.28. The lowest BCUT2D eigenvalue weighted by atomic mass is 10.1. The van der Waals surface area contributed by atoms with Crippen molar-refractivity contribution in [3.8, 4) is 0 Å². The van der Waals surface area contributed by atoms with Crippen molar-refractivity contribution in [2.75, 3.05) is 17.8 Å². The molecule has 0 aromatic carbocycles. The maximum Gasteiger partial charge on any atom is 0.213 e. The van der Waals surface area contributed by atoms with Gasteiger partial charge in [0.25, 0.3) is 0 Å². The van der Waals surface area contributed by atoms with Crippen LogP contribution in [0.15, 0.2) is 5.16 Å². The Labute approximate surface area is 107 Å². The largest absolute Gasteiger partial charge is 0.409 e. The summed E-state index contributed by atoms with van der Waals surface area (Å²) in [6.07, 6.45) is 0.950. The fourth-order valence-electron chi connectivity index (χ4n) is 1.11. The zero-order chi connectivity index (χ0) is 14.6. The number of amidine groups is 1. The van der Waals surface area contributed by atoms with E-state index in [9.17, 15) is 16.8 Å². The van der Waals surface area contributed by atoms with Crippen LogP contribution in [-0.4, -0.2) is 51.7 Å². The number of rotatable bonds is 7. The van der Waals surface area contributed by atoms with Crippen molar-refractivity contribution in [2.45, 2.75) is 19.9 Å². The maximum absolute atomic E-state index is 11.6. The van der Waals surface area contributed by atoms with Gasteiger partial charge in [0.2, 0.25) is 10.0 Å². The van der Waals surface area contributed by atoms with E-state index < -0.39 is 37.4 Å². The van der Waals surface area contributed by atoms with E-state index in [0.29, 0.717) is 0 Å². The summed E-state index contributed by atoms with van der Waals surface area (Å²) in [5.74, 6) is -1.56. The normalized spacial score (nSPS) is 15.9. The molecule has 0 bridgehead atoms. The Morgan fingerprint density at radius 1 is 1.28 bits per heavy atom. The van der Waals surface area contributed by atoms with Crippen LogP contribution in [0, 0.1) is 5.92 Å². The number of sulfone groups is 1. The molecule has 0 saturated heterocycles. The van der Waals surface area contributed by atoms with Crippen molar-refractivity contribution in [3.63, 3.8) is 0 Å². The third-order valence-electron chi connectivity index (χ3n) is 2.13. The van der Waals surface area contributed by atoms with Gasteiger partial charge in [-0.3, -0.25) is 0 Å². The Balaban J connectivity index is 4.84. The average molecular weight is 301 g/mol. The second-order valence-electron chi connectivity index (χ2n) is 4.31. The van der Waals surface area contributed by atoms with E-state index in [1.54, 1.807) is 13.8 Å². The second kappa shape index (κ2) is 6.34. The van der Waals surface area contributed by atoms with E-state index in [4.69, 9.17) is 10.9 Å². The van der Waals surface area contributed by atoms with Crippen LogP contribution >= 0.6 is 0 Å². The first kappa shape index (κ1) is 17.1. The Morgan fingerprint density at radius 2 is 1.78 bits per heavy atom. The van der Waals surface area contributed by atoms with Gasteiger partial charge in [-0.2, -0.15) is 0 Å². The summed E-state index contributed by atoms with van der Waals surface area (Å²) < 4.78 is 47.3. The number of hydrogen-bond acceptors (Lipinski definition) is 6. The summed E-state index contributed by atoms with van der Waals surface area (Å²) in [7, 11) is -7.18. The van der Waals surface area contributed by atoms with Gasteiger partial charge in [0, 0.05) is 6.26 Å². The number of nitrogens with two attached hydrogens (primary N) is 1. The van der Waals surface area contributed by atoms with Gasteiger partial charge in [0.15, 0.2) is 5.84 Å². The lowest BCUT2D eigenvalue weighted by Gasteiger charge is -2.20. The van der Waals surface area contributed by atoms with Crippen LogP contribution in [0.4, 0.5) is 0 Å². The number of nitrogens with zero attached hydrogens (tertiary/aromatic N) is 1. The van der Waals surface area contributed by atoms with Crippen LogP contribution in [-0.2, 0) is 19.9 Å². The van der Waals surface area contributed by atoms with E-state index >= 15 is 0 Å². The molecule has 108 valence electrons. The van der Waals surface area contributed by atoms with E-state index in [2.05, 4.69) is 9.88 Å². The van der Waals surface area contributed by atoms with Crippen LogP contribution in [0.1, 0.15) is 13.8 Å². The van der Waals surface area contributed by atoms with Gasteiger partial charge in [-0.05, 0) is 5.92 Å². The summed E-state index contributed by atoms with van der Waals surface area (Å²) in [6.45, 7) is 3.36. The Kier molecular flexibility index (Phi) is 6.04. The van der Waals surface area contributed by atoms with Crippen LogP contribution in [0.2, 0.25) is 0 Å². The van der Waals surface area contributed by atoms with Crippen molar-refractivity contribution in [2.24, 2.45) is 16.8 Å². The highest BCUT2D eigenvalue weighted by molar-refractivity contribution is 7.93. The fraction of sp³-hybridized carbons (Fsp3) is 0.875. The fourth-order valence-corrected chi connectivity index (χ4v) is 4.10. The highest BCUT2D eigenvalue weighted by atomic mass is 32.2. The number of nitrogens with one attached hydrogen (secondary N) is 1. The molecule has 0 heterocycles. The van der Waals surface area contributed by atoms with E-state index in [1.807, 2.05) is 0 Å². The van der Waals surface area contributed by atoms with Gasteiger partial charge in [-0.15, -0.1) is 0 Å². The summed E-state index contributed by atoms with van der Waals surface area (Å²) in [5.41, 5.74) is 5.36. The lowest BCUT2D eigenvalue weighted by Crippen LogP contribution is -2.48. The first-order valence-electron chi connectivity index (χ1n) is 5.13. The molecule has 1 atom stereocenters. The molecule has 10 heteroatoms. The molecule has 0 rings (SSSR count). The summed E-state index contributed by atoms with van der Waals surface area (Å²) in [4.78, 5) is 0. The molecule has 0 radical (unpaired) electrons. The zero-order valence-electron chi connectivity index (χ0n) is 10.5. The molecular weight excluding hydrogens is 282 g/mol. The highest BCUT2D eigenvalue weighted by Gasteiger charge is 2.25. The highest BCUT2D eigenvalue weighted by Crippen LogP contribution is 2.04. The van der Waals surface area contributed by atoms with Gasteiger partial charge in [0.1, 0.15) is 9.84 Å². The topological polar surface area (TPSA) is 139 Å². The zero-order valence-corrected chi connectivity index (χ0v) is 12.1. The van der Waals surface area contributed by atoms with E-state index in [0.717, 1.165) is 6.26 Å². The van der Waals surface area contributed by atoms with E-state index in [-0.39, 0.29) is 11.8 Å². The van der Waals surface area contributed by atoms with Gasteiger partial charge < -0.3 is 10.9 Å². The first-order valence-corrected chi connectivity index (χ1v) is 8.85.